The van der Waals surface area contributed by atoms with Gasteiger partial charge in [-0.2, -0.15) is 13.2 Å². The Morgan fingerprint density at radius 3 is 2.62 bits per heavy atom. The molecule has 0 amide bonds. The Hall–Kier alpha value is -1.41. The topological polar surface area (TPSA) is 47.8 Å². The highest BCUT2D eigenvalue weighted by Crippen LogP contribution is 2.37. The van der Waals surface area contributed by atoms with Gasteiger partial charge in [-0.1, -0.05) is 18.0 Å². The highest BCUT2D eigenvalue weighted by atomic mass is 35.5. The van der Waals surface area contributed by atoms with Crippen molar-refractivity contribution in [1.29, 1.82) is 0 Å². The molecule has 1 aliphatic carbocycles. The molecule has 1 heterocycles. The summed E-state index contributed by atoms with van der Waals surface area (Å²) in [5.41, 5.74) is -0.983. The van der Waals surface area contributed by atoms with Gasteiger partial charge in [0.2, 0.25) is 0 Å². The maximum atomic E-state index is 12.9. The number of benzene rings is 1. The van der Waals surface area contributed by atoms with E-state index >= 15 is 0 Å². The molecule has 1 aromatic heterocycles. The summed E-state index contributed by atoms with van der Waals surface area (Å²) in [5, 5.41) is 7.77. The summed E-state index contributed by atoms with van der Waals surface area (Å²) in [5.74, 6) is 1.73. The highest BCUT2D eigenvalue weighted by molar-refractivity contribution is 7.84. The quantitative estimate of drug-likeness (QED) is 0.807. The summed E-state index contributed by atoms with van der Waals surface area (Å²) in [6.07, 6.45) is -1.31. The second-order valence-electron chi connectivity index (χ2n) is 5.79. The highest BCUT2D eigenvalue weighted by Gasteiger charge is 2.34. The summed E-state index contributed by atoms with van der Waals surface area (Å²) in [6.45, 7) is 0. The summed E-state index contributed by atoms with van der Waals surface area (Å²) < 4.78 is 53.0. The number of hydrogen-bond acceptors (Lipinski definition) is 3. The minimum atomic E-state index is -4.58. The molecule has 0 N–H and O–H groups in total. The molecule has 1 saturated carbocycles. The fraction of sp³-hybridized carbons (Fsp3) is 0.467. The van der Waals surface area contributed by atoms with E-state index in [2.05, 4.69) is 10.2 Å². The van der Waals surface area contributed by atoms with Crippen LogP contribution in [-0.4, -0.2) is 19.0 Å². The second-order valence-corrected chi connectivity index (χ2v) is 7.65. The van der Waals surface area contributed by atoms with Gasteiger partial charge in [-0.05, 0) is 31.0 Å². The van der Waals surface area contributed by atoms with Gasteiger partial charge in [-0.25, -0.2) is 0 Å². The number of alkyl halides is 3. The van der Waals surface area contributed by atoms with Crippen LogP contribution in [0.2, 0.25) is 5.02 Å². The molecule has 0 spiro atoms. The Bertz CT molecular complexity index is 787. The van der Waals surface area contributed by atoms with Crippen molar-refractivity contribution in [2.24, 2.45) is 7.05 Å². The van der Waals surface area contributed by atoms with Gasteiger partial charge in [0.05, 0.1) is 27.1 Å². The maximum Gasteiger partial charge on any atom is 0.417 e. The van der Waals surface area contributed by atoms with Crippen LogP contribution in [0.25, 0.3) is 0 Å². The molecule has 1 unspecified atom stereocenters. The first kappa shape index (κ1) is 17.4. The molecule has 1 fully saturated rings. The van der Waals surface area contributed by atoms with Crippen LogP contribution in [0.1, 0.15) is 42.4 Å². The van der Waals surface area contributed by atoms with Crippen LogP contribution < -0.4 is 0 Å². The monoisotopic (exact) mass is 377 g/mol. The van der Waals surface area contributed by atoms with Gasteiger partial charge in [0, 0.05) is 17.9 Å². The van der Waals surface area contributed by atoms with E-state index in [1.165, 1.54) is 6.07 Å². The standard InChI is InChI=1S/C15H15ClF3N3OS/c1-22-13(20-21-14(22)9-3-2-4-9)8-24(23)10-5-6-12(16)11(7-10)15(17,18)19/h5-7,9H,2-4,8H2,1H3. The smallest absolute Gasteiger partial charge is 0.317 e. The minimum absolute atomic E-state index is 0.00908. The zero-order valence-electron chi connectivity index (χ0n) is 12.8. The second kappa shape index (κ2) is 6.48. The Morgan fingerprint density at radius 1 is 1.33 bits per heavy atom. The van der Waals surface area contributed by atoms with E-state index in [0.717, 1.165) is 37.2 Å². The lowest BCUT2D eigenvalue weighted by Crippen LogP contribution is -2.15. The fourth-order valence-electron chi connectivity index (χ4n) is 2.59. The van der Waals surface area contributed by atoms with Crippen LogP contribution in [0, 0.1) is 0 Å². The van der Waals surface area contributed by atoms with E-state index in [9.17, 15) is 17.4 Å². The first-order valence-corrected chi connectivity index (χ1v) is 9.10. The lowest BCUT2D eigenvalue weighted by Gasteiger charge is -2.24. The third-order valence-corrected chi connectivity index (χ3v) is 5.87. The molecule has 0 bridgehead atoms. The van der Waals surface area contributed by atoms with Crippen molar-refractivity contribution in [2.45, 2.75) is 42.0 Å². The van der Waals surface area contributed by atoms with E-state index in [1.54, 1.807) is 11.6 Å². The lowest BCUT2D eigenvalue weighted by molar-refractivity contribution is -0.137. The van der Waals surface area contributed by atoms with Gasteiger partial charge in [0.25, 0.3) is 0 Å². The van der Waals surface area contributed by atoms with Crippen LogP contribution in [-0.2, 0) is 29.8 Å². The fourth-order valence-corrected chi connectivity index (χ4v) is 3.93. The van der Waals surface area contributed by atoms with Crippen molar-refractivity contribution >= 4 is 22.4 Å². The predicted octanol–water partition coefficient (Wildman–Crippen LogP) is 4.06. The number of hydrogen-bond donors (Lipinski definition) is 0. The van der Waals surface area contributed by atoms with E-state index in [0.29, 0.717) is 11.7 Å². The molecule has 1 aromatic carbocycles. The van der Waals surface area contributed by atoms with Crippen LogP contribution in [0.4, 0.5) is 13.2 Å². The molecule has 9 heteroatoms. The molecule has 4 nitrogen and oxygen atoms in total. The van der Waals surface area contributed by atoms with Gasteiger partial charge in [-0.15, -0.1) is 10.2 Å². The Kier molecular flexibility index (Phi) is 4.70. The molecule has 1 aliphatic rings. The summed E-state index contributed by atoms with van der Waals surface area (Å²) in [4.78, 5) is 0.0694. The number of aromatic nitrogens is 3. The molecule has 130 valence electrons. The van der Waals surface area contributed by atoms with Crippen molar-refractivity contribution in [2.75, 3.05) is 0 Å². The first-order valence-electron chi connectivity index (χ1n) is 7.40. The lowest BCUT2D eigenvalue weighted by atomic mass is 9.85. The minimum Gasteiger partial charge on any atom is -0.317 e. The third kappa shape index (κ3) is 3.35. The predicted molar refractivity (Wildman–Crippen MR) is 84.2 cm³/mol. The zero-order valence-corrected chi connectivity index (χ0v) is 14.4. The van der Waals surface area contributed by atoms with E-state index < -0.39 is 27.6 Å². The number of rotatable bonds is 4. The molecule has 3 rings (SSSR count). The Labute approximate surface area is 144 Å². The molecular formula is C15H15ClF3N3OS. The van der Waals surface area contributed by atoms with E-state index in [4.69, 9.17) is 11.6 Å². The van der Waals surface area contributed by atoms with Crippen molar-refractivity contribution in [3.8, 4) is 0 Å². The van der Waals surface area contributed by atoms with Crippen molar-refractivity contribution < 1.29 is 17.4 Å². The summed E-state index contributed by atoms with van der Waals surface area (Å²) in [6, 6.07) is 3.30. The number of halogens is 4. The summed E-state index contributed by atoms with van der Waals surface area (Å²) in [7, 11) is 0.131. The first-order chi connectivity index (χ1) is 11.3. The average Bonchev–Trinajstić information content (AvgIpc) is 2.78. The zero-order chi connectivity index (χ0) is 17.5. The molecule has 2 aromatic rings. The molecule has 0 radical (unpaired) electrons. The summed E-state index contributed by atoms with van der Waals surface area (Å²) >= 11 is 5.59. The Morgan fingerprint density at radius 2 is 2.04 bits per heavy atom. The van der Waals surface area contributed by atoms with Gasteiger partial charge in [0.15, 0.2) is 0 Å². The largest absolute Gasteiger partial charge is 0.417 e. The van der Waals surface area contributed by atoms with E-state index in [1.807, 2.05) is 0 Å². The molecule has 24 heavy (non-hydrogen) atoms. The van der Waals surface area contributed by atoms with Crippen molar-refractivity contribution in [1.82, 2.24) is 14.8 Å². The average molecular weight is 378 g/mol. The Balaban J connectivity index is 1.82. The van der Waals surface area contributed by atoms with Gasteiger partial charge in [-0.3, -0.25) is 4.21 Å². The molecule has 0 aliphatic heterocycles. The van der Waals surface area contributed by atoms with Gasteiger partial charge < -0.3 is 4.57 Å². The number of nitrogens with zero attached hydrogens (tertiary/aromatic N) is 3. The third-order valence-electron chi connectivity index (χ3n) is 4.24. The van der Waals surface area contributed by atoms with Gasteiger partial charge in [0.1, 0.15) is 11.6 Å². The SMILES string of the molecule is Cn1c(CS(=O)c2ccc(Cl)c(C(F)(F)F)c2)nnc1C1CCC1. The van der Waals surface area contributed by atoms with Crippen LogP contribution in [0.5, 0.6) is 0 Å². The van der Waals surface area contributed by atoms with Crippen molar-refractivity contribution in [3.05, 3.63) is 40.4 Å². The van der Waals surface area contributed by atoms with Gasteiger partial charge >= 0.3 is 6.18 Å². The molecular weight excluding hydrogens is 363 g/mol. The van der Waals surface area contributed by atoms with Crippen molar-refractivity contribution in [3.63, 3.8) is 0 Å². The maximum absolute atomic E-state index is 12.9. The van der Waals surface area contributed by atoms with Crippen LogP contribution >= 0.6 is 11.6 Å². The normalized spacial score (nSPS) is 16.9. The van der Waals surface area contributed by atoms with E-state index in [-0.39, 0.29) is 10.6 Å². The van der Waals surface area contributed by atoms with Crippen LogP contribution in [0.15, 0.2) is 23.1 Å². The molecule has 0 saturated heterocycles. The van der Waals surface area contributed by atoms with Crippen LogP contribution in [0.3, 0.4) is 0 Å². The molecule has 1 atom stereocenters.